The number of hydrogen-bond acceptors (Lipinski definition) is 2. The molecule has 2 unspecified atom stereocenters. The number of ether oxygens (including phenoxy) is 2. The van der Waals surface area contributed by atoms with Crippen LogP contribution in [-0.4, -0.2) is 13.2 Å². The molecule has 0 amide bonds. The monoisotopic (exact) mass is 492 g/mol. The Morgan fingerprint density at radius 1 is 0.886 bits per heavy atom. The highest BCUT2D eigenvalue weighted by Crippen LogP contribution is 2.44. The van der Waals surface area contributed by atoms with Crippen LogP contribution in [0, 0.1) is 11.7 Å². The predicted octanol–water partition coefficient (Wildman–Crippen LogP) is 8.95. The lowest BCUT2D eigenvalue weighted by Crippen LogP contribution is -2.22. The number of halogens is 4. The first-order valence-corrected chi connectivity index (χ1v) is 13.0. The maximum absolute atomic E-state index is 15.1. The zero-order valence-electron chi connectivity index (χ0n) is 20.7. The predicted molar refractivity (Wildman–Crippen MR) is 129 cm³/mol. The van der Waals surface area contributed by atoms with E-state index in [4.69, 9.17) is 9.47 Å². The Kier molecular flexibility index (Phi) is 8.41. The molecule has 35 heavy (non-hydrogen) atoms. The summed E-state index contributed by atoms with van der Waals surface area (Å²) >= 11 is 0. The Hall–Kier alpha value is -2.08. The molecule has 2 aromatic carbocycles. The molecule has 1 aliphatic carbocycles. The maximum Gasteiger partial charge on any atom is 0.422 e. The van der Waals surface area contributed by atoms with Crippen molar-refractivity contribution in [1.29, 1.82) is 0 Å². The molecule has 1 aliphatic heterocycles. The lowest BCUT2D eigenvalue weighted by atomic mass is 9.79. The Morgan fingerprint density at radius 3 is 2.14 bits per heavy atom. The third-order valence-corrected chi connectivity index (χ3v) is 7.68. The van der Waals surface area contributed by atoms with Gasteiger partial charge in [-0.05, 0) is 66.7 Å². The second-order valence-corrected chi connectivity index (χ2v) is 10.3. The van der Waals surface area contributed by atoms with Crippen LogP contribution in [0.4, 0.5) is 17.6 Å². The van der Waals surface area contributed by atoms with Crippen LogP contribution < -0.4 is 4.74 Å². The normalized spacial score (nSPS) is 25.4. The molecule has 192 valence electrons. The van der Waals surface area contributed by atoms with E-state index in [1.54, 1.807) is 0 Å². The van der Waals surface area contributed by atoms with Gasteiger partial charge in [-0.2, -0.15) is 13.2 Å². The summed E-state index contributed by atoms with van der Waals surface area (Å²) in [5.41, 5.74) is 1.20. The van der Waals surface area contributed by atoms with Crippen LogP contribution >= 0.6 is 0 Å². The summed E-state index contributed by atoms with van der Waals surface area (Å²) in [5.74, 6) is -0.646. The van der Waals surface area contributed by atoms with Crippen molar-refractivity contribution in [3.05, 3.63) is 64.5 Å². The topological polar surface area (TPSA) is 18.5 Å². The minimum atomic E-state index is -4.82. The van der Waals surface area contributed by atoms with Gasteiger partial charge in [0.05, 0.1) is 19.3 Å². The van der Waals surface area contributed by atoms with E-state index in [9.17, 15) is 13.2 Å². The highest BCUT2D eigenvalue weighted by atomic mass is 19.4. The van der Waals surface area contributed by atoms with Crippen molar-refractivity contribution in [2.75, 3.05) is 13.2 Å². The van der Waals surface area contributed by atoms with Crippen molar-refractivity contribution >= 4 is 0 Å². The quantitative estimate of drug-likeness (QED) is 0.284. The highest BCUT2D eigenvalue weighted by molar-refractivity contribution is 5.42. The fourth-order valence-electron chi connectivity index (χ4n) is 5.44. The molecule has 2 aliphatic rings. The molecule has 0 radical (unpaired) electrons. The van der Waals surface area contributed by atoms with Crippen LogP contribution in [0.25, 0.3) is 0 Å². The fourth-order valence-corrected chi connectivity index (χ4v) is 5.44. The van der Waals surface area contributed by atoms with Gasteiger partial charge in [0, 0.05) is 5.92 Å². The molecule has 2 aromatic rings. The van der Waals surface area contributed by atoms with Crippen molar-refractivity contribution in [3.8, 4) is 5.75 Å². The molecule has 1 heterocycles. The zero-order chi connectivity index (χ0) is 25.0. The molecule has 1 saturated carbocycles. The SMILES string of the molecule is CCCCOc1ccc(C2CCC(c3ccc(C4CCC(C)CC4)cc3)OC2)c(F)c1C(F)(F)F. The number of benzene rings is 2. The molecular weight excluding hydrogens is 456 g/mol. The van der Waals surface area contributed by atoms with Gasteiger partial charge < -0.3 is 9.47 Å². The van der Waals surface area contributed by atoms with Gasteiger partial charge in [0.1, 0.15) is 17.1 Å². The number of rotatable bonds is 7. The van der Waals surface area contributed by atoms with Crippen molar-refractivity contribution < 1.29 is 27.0 Å². The summed E-state index contributed by atoms with van der Waals surface area (Å²) in [6.07, 6.45) is 2.68. The standard InChI is InChI=1S/C29H36F4O2/c1-3-4-17-34-26-16-14-24(28(30)27(26)29(31,32)33)23-13-15-25(35-18-23)22-11-9-21(10-12-22)20-7-5-19(2)6-8-20/h9-12,14,16,19-20,23,25H,3-8,13,15,17-18H2,1-2H3. The Labute approximate surface area is 206 Å². The van der Waals surface area contributed by atoms with E-state index < -0.39 is 29.2 Å². The van der Waals surface area contributed by atoms with Crippen LogP contribution in [0.5, 0.6) is 5.75 Å². The first-order valence-electron chi connectivity index (χ1n) is 13.0. The highest BCUT2D eigenvalue weighted by Gasteiger charge is 2.40. The molecule has 6 heteroatoms. The van der Waals surface area contributed by atoms with Crippen LogP contribution in [-0.2, 0) is 10.9 Å². The van der Waals surface area contributed by atoms with Gasteiger partial charge in [0.25, 0.3) is 0 Å². The summed E-state index contributed by atoms with van der Waals surface area (Å²) in [6, 6.07) is 11.3. The Bertz CT molecular complexity index is 954. The lowest BCUT2D eigenvalue weighted by Gasteiger charge is -2.31. The van der Waals surface area contributed by atoms with Gasteiger partial charge in [0.15, 0.2) is 0 Å². The second-order valence-electron chi connectivity index (χ2n) is 10.3. The summed E-state index contributed by atoms with van der Waals surface area (Å²) < 4.78 is 67.5. The van der Waals surface area contributed by atoms with Crippen molar-refractivity contribution in [2.45, 2.75) is 89.3 Å². The van der Waals surface area contributed by atoms with Gasteiger partial charge in [-0.3, -0.25) is 0 Å². The fraction of sp³-hybridized carbons (Fsp3) is 0.586. The average Bonchev–Trinajstić information content (AvgIpc) is 2.84. The van der Waals surface area contributed by atoms with E-state index in [0.29, 0.717) is 25.2 Å². The van der Waals surface area contributed by atoms with E-state index in [1.807, 2.05) is 6.92 Å². The van der Waals surface area contributed by atoms with E-state index in [0.717, 1.165) is 17.9 Å². The number of unbranched alkanes of at least 4 members (excludes halogenated alkanes) is 1. The van der Waals surface area contributed by atoms with Gasteiger partial charge in [0.2, 0.25) is 0 Å². The van der Waals surface area contributed by atoms with Gasteiger partial charge in [-0.1, -0.05) is 63.4 Å². The van der Waals surface area contributed by atoms with Crippen molar-refractivity contribution in [3.63, 3.8) is 0 Å². The van der Waals surface area contributed by atoms with Crippen molar-refractivity contribution in [1.82, 2.24) is 0 Å². The van der Waals surface area contributed by atoms with Crippen LogP contribution in [0.15, 0.2) is 36.4 Å². The summed E-state index contributed by atoms with van der Waals surface area (Å²) in [6.45, 7) is 4.56. The lowest BCUT2D eigenvalue weighted by molar-refractivity contribution is -0.141. The van der Waals surface area contributed by atoms with Crippen molar-refractivity contribution in [2.24, 2.45) is 5.92 Å². The number of alkyl halides is 3. The van der Waals surface area contributed by atoms with E-state index in [2.05, 4.69) is 31.2 Å². The maximum atomic E-state index is 15.1. The molecule has 2 atom stereocenters. The van der Waals surface area contributed by atoms with Gasteiger partial charge in [-0.15, -0.1) is 0 Å². The van der Waals surface area contributed by atoms with Crippen LogP contribution in [0.3, 0.4) is 0 Å². The molecule has 4 rings (SSSR count). The molecule has 2 fully saturated rings. The summed E-state index contributed by atoms with van der Waals surface area (Å²) in [5, 5.41) is 0. The largest absolute Gasteiger partial charge is 0.493 e. The molecule has 0 spiro atoms. The molecule has 0 aromatic heterocycles. The van der Waals surface area contributed by atoms with Crippen LogP contribution in [0.1, 0.15) is 105 Å². The Morgan fingerprint density at radius 2 is 1.54 bits per heavy atom. The van der Waals surface area contributed by atoms with Crippen LogP contribution in [0.2, 0.25) is 0 Å². The minimum absolute atomic E-state index is 0.0560. The minimum Gasteiger partial charge on any atom is -0.493 e. The molecule has 1 saturated heterocycles. The molecule has 2 nitrogen and oxygen atoms in total. The average molecular weight is 493 g/mol. The third-order valence-electron chi connectivity index (χ3n) is 7.68. The van der Waals surface area contributed by atoms with Gasteiger partial charge in [-0.25, -0.2) is 4.39 Å². The van der Waals surface area contributed by atoms with E-state index in [-0.39, 0.29) is 24.9 Å². The number of hydrogen-bond donors (Lipinski definition) is 0. The first kappa shape index (κ1) is 26.0. The zero-order valence-corrected chi connectivity index (χ0v) is 20.7. The molecule has 0 bridgehead atoms. The Balaban J connectivity index is 1.42. The molecular formula is C29H36F4O2. The summed E-state index contributed by atoms with van der Waals surface area (Å²) in [4.78, 5) is 0. The third kappa shape index (κ3) is 6.19. The molecule has 0 N–H and O–H groups in total. The van der Waals surface area contributed by atoms with E-state index in [1.165, 1.54) is 43.4 Å². The van der Waals surface area contributed by atoms with Gasteiger partial charge >= 0.3 is 6.18 Å². The summed E-state index contributed by atoms with van der Waals surface area (Å²) in [7, 11) is 0. The second kappa shape index (κ2) is 11.3. The first-order chi connectivity index (χ1) is 16.8. The smallest absolute Gasteiger partial charge is 0.422 e. The van der Waals surface area contributed by atoms with E-state index >= 15 is 4.39 Å².